The quantitative estimate of drug-likeness (QED) is 0.530. The van der Waals surface area contributed by atoms with Crippen molar-refractivity contribution < 1.29 is 4.74 Å². The van der Waals surface area contributed by atoms with Crippen LogP contribution in [0.25, 0.3) is 0 Å². The molecule has 2 heteroatoms. The number of rotatable bonds is 5. The van der Waals surface area contributed by atoms with Gasteiger partial charge in [0.15, 0.2) is 0 Å². The average molecular weight is 211 g/mol. The standard InChI is InChI=1S/C12H15ClO/c1-3-4-5-6-10-7-11(13)9-12(8-10)14-2/h3,7-9H,1,4-6H2,2H3. The molecule has 0 fully saturated rings. The number of halogens is 1. The van der Waals surface area contributed by atoms with Gasteiger partial charge in [-0.15, -0.1) is 6.58 Å². The zero-order valence-electron chi connectivity index (χ0n) is 8.42. The Bertz CT molecular complexity index is 307. The molecule has 1 nitrogen and oxygen atoms in total. The number of unbranched alkanes of at least 4 members (excludes halogenated alkanes) is 1. The van der Waals surface area contributed by atoms with E-state index < -0.39 is 0 Å². The molecule has 0 saturated heterocycles. The molecular weight excluding hydrogens is 196 g/mol. The van der Waals surface area contributed by atoms with Gasteiger partial charge in [-0.25, -0.2) is 0 Å². The van der Waals surface area contributed by atoms with Gasteiger partial charge in [-0.3, -0.25) is 0 Å². The summed E-state index contributed by atoms with van der Waals surface area (Å²) in [6.07, 6.45) is 5.09. The number of benzene rings is 1. The third-order valence-corrected chi connectivity index (χ3v) is 2.26. The van der Waals surface area contributed by atoms with Gasteiger partial charge in [-0.1, -0.05) is 17.7 Å². The average Bonchev–Trinajstić information content (AvgIpc) is 2.17. The lowest BCUT2D eigenvalue weighted by Crippen LogP contribution is -1.88. The third-order valence-electron chi connectivity index (χ3n) is 2.04. The molecule has 0 aliphatic carbocycles. The fourth-order valence-electron chi connectivity index (χ4n) is 1.33. The van der Waals surface area contributed by atoms with E-state index in [1.54, 1.807) is 7.11 Å². The summed E-state index contributed by atoms with van der Waals surface area (Å²) in [6, 6.07) is 5.82. The van der Waals surface area contributed by atoms with Crippen molar-refractivity contribution >= 4 is 11.6 Å². The molecular formula is C12H15ClO. The molecule has 0 spiro atoms. The maximum Gasteiger partial charge on any atom is 0.120 e. The monoisotopic (exact) mass is 210 g/mol. The van der Waals surface area contributed by atoms with E-state index in [1.807, 2.05) is 24.3 Å². The molecule has 0 aliphatic heterocycles. The third kappa shape index (κ3) is 3.43. The second kappa shape index (κ2) is 5.71. The van der Waals surface area contributed by atoms with Crippen molar-refractivity contribution in [2.75, 3.05) is 7.11 Å². The van der Waals surface area contributed by atoms with Gasteiger partial charge >= 0.3 is 0 Å². The first-order valence-electron chi connectivity index (χ1n) is 4.70. The Morgan fingerprint density at radius 2 is 2.21 bits per heavy atom. The van der Waals surface area contributed by atoms with E-state index in [0.717, 1.165) is 30.0 Å². The first kappa shape index (κ1) is 11.1. The summed E-state index contributed by atoms with van der Waals surface area (Å²) in [5.74, 6) is 0.825. The van der Waals surface area contributed by atoms with Gasteiger partial charge in [0.1, 0.15) is 5.75 Å². The van der Waals surface area contributed by atoms with Crippen LogP contribution >= 0.6 is 11.6 Å². The van der Waals surface area contributed by atoms with E-state index in [0.29, 0.717) is 0 Å². The van der Waals surface area contributed by atoms with Gasteiger partial charge < -0.3 is 4.74 Å². The van der Waals surface area contributed by atoms with E-state index in [-0.39, 0.29) is 0 Å². The van der Waals surface area contributed by atoms with Gasteiger partial charge in [0, 0.05) is 5.02 Å². The lowest BCUT2D eigenvalue weighted by atomic mass is 10.1. The van der Waals surface area contributed by atoms with E-state index in [1.165, 1.54) is 5.56 Å². The van der Waals surface area contributed by atoms with E-state index in [2.05, 4.69) is 6.58 Å². The molecule has 0 aromatic heterocycles. The number of aryl methyl sites for hydroxylation is 1. The van der Waals surface area contributed by atoms with Crippen LogP contribution in [0.5, 0.6) is 5.75 Å². The molecule has 0 amide bonds. The van der Waals surface area contributed by atoms with Crippen molar-refractivity contribution in [1.29, 1.82) is 0 Å². The maximum atomic E-state index is 5.94. The smallest absolute Gasteiger partial charge is 0.120 e. The van der Waals surface area contributed by atoms with Crippen molar-refractivity contribution in [1.82, 2.24) is 0 Å². The van der Waals surface area contributed by atoms with Crippen molar-refractivity contribution in [3.8, 4) is 5.75 Å². The van der Waals surface area contributed by atoms with Crippen LogP contribution in [0.15, 0.2) is 30.9 Å². The van der Waals surface area contributed by atoms with Crippen molar-refractivity contribution in [3.63, 3.8) is 0 Å². The molecule has 0 saturated carbocycles. The number of hydrogen-bond donors (Lipinski definition) is 0. The van der Waals surface area contributed by atoms with Gasteiger partial charge in [-0.2, -0.15) is 0 Å². The number of hydrogen-bond acceptors (Lipinski definition) is 1. The number of allylic oxidation sites excluding steroid dienone is 1. The normalized spacial score (nSPS) is 9.86. The van der Waals surface area contributed by atoms with Crippen LogP contribution in [0.1, 0.15) is 18.4 Å². The molecule has 0 radical (unpaired) electrons. The maximum absolute atomic E-state index is 5.94. The number of methoxy groups -OCH3 is 1. The summed E-state index contributed by atoms with van der Waals surface area (Å²) in [5.41, 5.74) is 1.22. The van der Waals surface area contributed by atoms with Crippen molar-refractivity contribution in [3.05, 3.63) is 41.4 Å². The van der Waals surface area contributed by atoms with Crippen LogP contribution in [-0.4, -0.2) is 7.11 Å². The zero-order chi connectivity index (χ0) is 10.4. The molecule has 0 aliphatic rings. The number of ether oxygens (including phenoxy) is 1. The van der Waals surface area contributed by atoms with Crippen molar-refractivity contribution in [2.45, 2.75) is 19.3 Å². The Morgan fingerprint density at radius 1 is 1.43 bits per heavy atom. The highest BCUT2D eigenvalue weighted by atomic mass is 35.5. The molecule has 1 aromatic carbocycles. The Hall–Kier alpha value is -0.950. The second-order valence-corrected chi connectivity index (χ2v) is 3.62. The zero-order valence-corrected chi connectivity index (χ0v) is 9.18. The summed E-state index contributed by atoms with van der Waals surface area (Å²) in [4.78, 5) is 0. The summed E-state index contributed by atoms with van der Waals surface area (Å²) in [6.45, 7) is 3.69. The molecule has 1 aromatic rings. The lowest BCUT2D eigenvalue weighted by molar-refractivity contribution is 0.414. The second-order valence-electron chi connectivity index (χ2n) is 3.18. The van der Waals surface area contributed by atoms with E-state index in [9.17, 15) is 0 Å². The van der Waals surface area contributed by atoms with Crippen LogP contribution in [0.4, 0.5) is 0 Å². The van der Waals surface area contributed by atoms with Gasteiger partial charge in [0.25, 0.3) is 0 Å². The van der Waals surface area contributed by atoms with E-state index >= 15 is 0 Å². The Morgan fingerprint density at radius 3 is 2.86 bits per heavy atom. The first-order valence-corrected chi connectivity index (χ1v) is 5.08. The van der Waals surface area contributed by atoms with Gasteiger partial charge in [-0.05, 0) is 43.0 Å². The Labute approximate surface area is 90.3 Å². The van der Waals surface area contributed by atoms with Crippen LogP contribution in [0, 0.1) is 0 Å². The Kier molecular flexibility index (Phi) is 4.54. The largest absolute Gasteiger partial charge is 0.497 e. The van der Waals surface area contributed by atoms with Crippen LogP contribution in [-0.2, 0) is 6.42 Å². The summed E-state index contributed by atoms with van der Waals surface area (Å²) < 4.78 is 5.14. The fourth-order valence-corrected chi connectivity index (χ4v) is 1.58. The van der Waals surface area contributed by atoms with Crippen LogP contribution in [0.2, 0.25) is 5.02 Å². The van der Waals surface area contributed by atoms with E-state index in [4.69, 9.17) is 16.3 Å². The van der Waals surface area contributed by atoms with Gasteiger partial charge in [0.2, 0.25) is 0 Å². The van der Waals surface area contributed by atoms with Crippen molar-refractivity contribution in [2.24, 2.45) is 0 Å². The Balaban J connectivity index is 2.66. The molecule has 0 heterocycles. The van der Waals surface area contributed by atoms with Crippen LogP contribution in [0.3, 0.4) is 0 Å². The first-order chi connectivity index (χ1) is 6.76. The summed E-state index contributed by atoms with van der Waals surface area (Å²) in [5, 5.41) is 0.734. The minimum atomic E-state index is 0.734. The molecule has 1 rings (SSSR count). The fraction of sp³-hybridized carbons (Fsp3) is 0.333. The molecule has 0 N–H and O–H groups in total. The molecule has 76 valence electrons. The molecule has 0 atom stereocenters. The highest BCUT2D eigenvalue weighted by molar-refractivity contribution is 6.30. The SMILES string of the molecule is C=CCCCc1cc(Cl)cc(OC)c1. The molecule has 0 bridgehead atoms. The minimum absolute atomic E-state index is 0.734. The topological polar surface area (TPSA) is 9.23 Å². The summed E-state index contributed by atoms with van der Waals surface area (Å²) >= 11 is 5.94. The minimum Gasteiger partial charge on any atom is -0.497 e. The molecule has 14 heavy (non-hydrogen) atoms. The highest BCUT2D eigenvalue weighted by Gasteiger charge is 1.99. The lowest BCUT2D eigenvalue weighted by Gasteiger charge is -2.05. The predicted molar refractivity (Wildman–Crippen MR) is 61.1 cm³/mol. The highest BCUT2D eigenvalue weighted by Crippen LogP contribution is 2.21. The molecule has 0 unspecified atom stereocenters. The van der Waals surface area contributed by atoms with Gasteiger partial charge in [0.05, 0.1) is 7.11 Å². The van der Waals surface area contributed by atoms with Crippen LogP contribution < -0.4 is 4.74 Å². The summed E-state index contributed by atoms with van der Waals surface area (Å²) in [7, 11) is 1.65. The predicted octanol–water partition coefficient (Wildman–Crippen LogP) is 3.86.